The molecule has 0 saturated carbocycles. The summed E-state index contributed by atoms with van der Waals surface area (Å²) in [6.45, 7) is 3.05. The van der Waals surface area contributed by atoms with Crippen LogP contribution in [0.5, 0.6) is 11.5 Å². The van der Waals surface area contributed by atoms with Crippen LogP contribution in [0.4, 0.5) is 4.79 Å². The number of carbonyl (C=O) groups is 2. The molecule has 0 aliphatic rings. The number of ether oxygens (including phenoxy) is 4. The first-order chi connectivity index (χ1) is 11.0. The van der Waals surface area contributed by atoms with Crippen molar-refractivity contribution >= 4 is 12.1 Å². The fraction of sp³-hybridized carbons (Fsp3) is 0.500. The molecule has 1 aromatic rings. The van der Waals surface area contributed by atoms with E-state index in [0.29, 0.717) is 12.2 Å². The molecular weight excluding hydrogens is 338 g/mol. The third-order valence-corrected chi connectivity index (χ3v) is 2.84. The lowest BCUT2D eigenvalue weighted by molar-refractivity contribution is -0.0000337. The van der Waals surface area contributed by atoms with Gasteiger partial charge in [0.25, 0.3) is 0 Å². The first-order valence-electron chi connectivity index (χ1n) is 7.32. The first-order valence-corrected chi connectivity index (χ1v) is 7.32. The molecule has 0 unspecified atom stereocenters. The van der Waals surface area contributed by atoms with Crippen molar-refractivity contribution < 1.29 is 40.9 Å². The highest BCUT2D eigenvalue weighted by Gasteiger charge is 2.15. The van der Waals surface area contributed by atoms with E-state index < -0.39 is 12.1 Å². The van der Waals surface area contributed by atoms with Crippen molar-refractivity contribution in [2.45, 2.75) is 13.3 Å². The Labute approximate surface area is 148 Å². The summed E-state index contributed by atoms with van der Waals surface area (Å²) in [5.74, 6) is -0.0272. The second-order valence-corrected chi connectivity index (χ2v) is 4.94. The Morgan fingerprint density at radius 1 is 1.12 bits per heavy atom. The van der Waals surface area contributed by atoms with Crippen molar-refractivity contribution in [2.75, 3.05) is 41.0 Å². The Bertz CT molecular complexity index is 535. The zero-order valence-electron chi connectivity index (χ0n) is 14.3. The Kier molecular flexibility index (Phi) is 10.6. The predicted octanol–water partition coefficient (Wildman–Crippen LogP) is -0.657. The summed E-state index contributed by atoms with van der Waals surface area (Å²) in [5.41, 5.74) is 0.322. The Balaban J connectivity index is 0.00000529. The van der Waals surface area contributed by atoms with Gasteiger partial charge in [0, 0.05) is 6.54 Å². The van der Waals surface area contributed by atoms with E-state index in [0.717, 1.165) is 13.0 Å². The van der Waals surface area contributed by atoms with E-state index in [1.54, 1.807) is 6.92 Å². The maximum absolute atomic E-state index is 12.0. The molecular formula is C16H23ClNO6-. The van der Waals surface area contributed by atoms with Crippen LogP contribution in [0.1, 0.15) is 23.7 Å². The molecule has 0 aliphatic carbocycles. The quantitative estimate of drug-likeness (QED) is 0.346. The molecule has 0 fully saturated rings. The van der Waals surface area contributed by atoms with Gasteiger partial charge in [-0.05, 0) is 45.6 Å². The summed E-state index contributed by atoms with van der Waals surface area (Å²) >= 11 is 0. The van der Waals surface area contributed by atoms with E-state index in [4.69, 9.17) is 18.9 Å². The maximum atomic E-state index is 12.0. The second-order valence-electron chi connectivity index (χ2n) is 4.94. The van der Waals surface area contributed by atoms with Gasteiger partial charge < -0.3 is 36.3 Å². The summed E-state index contributed by atoms with van der Waals surface area (Å²) in [4.78, 5) is 25.3. The third-order valence-electron chi connectivity index (χ3n) is 2.84. The molecule has 0 N–H and O–H groups in total. The average Bonchev–Trinajstić information content (AvgIpc) is 2.51. The normalized spacial score (nSPS) is 9.88. The maximum Gasteiger partial charge on any atom is 0.513 e. The highest BCUT2D eigenvalue weighted by atomic mass is 35.5. The van der Waals surface area contributed by atoms with Crippen LogP contribution in [0.3, 0.4) is 0 Å². The van der Waals surface area contributed by atoms with Crippen molar-refractivity contribution in [3.8, 4) is 11.5 Å². The van der Waals surface area contributed by atoms with Gasteiger partial charge in [-0.1, -0.05) is 0 Å². The lowest BCUT2D eigenvalue weighted by Gasteiger charge is -2.11. The molecule has 0 atom stereocenters. The Morgan fingerprint density at radius 2 is 1.83 bits per heavy atom. The van der Waals surface area contributed by atoms with E-state index in [2.05, 4.69) is 0 Å². The topological polar surface area (TPSA) is 74.3 Å². The van der Waals surface area contributed by atoms with E-state index >= 15 is 0 Å². The van der Waals surface area contributed by atoms with Gasteiger partial charge in [-0.15, -0.1) is 0 Å². The molecule has 0 radical (unpaired) electrons. The standard InChI is InChI=1S/C16H23NO6.ClH/c1-5-21-16(19)23-13-8-7-12(11-14(13)20-4)15(18)22-10-6-9-17(2)3;/h7-8,11H,5-6,9-10H2,1-4H3;1H/p-1. The Hall–Kier alpha value is -1.99. The number of hydrogen-bond acceptors (Lipinski definition) is 7. The summed E-state index contributed by atoms with van der Waals surface area (Å²) in [6.07, 6.45) is -0.0789. The second kappa shape index (κ2) is 11.5. The molecule has 0 spiro atoms. The van der Waals surface area contributed by atoms with E-state index in [1.165, 1.54) is 25.3 Å². The average molecular weight is 361 g/mol. The summed E-state index contributed by atoms with van der Waals surface area (Å²) in [6, 6.07) is 4.43. The highest BCUT2D eigenvalue weighted by Crippen LogP contribution is 2.28. The molecule has 0 amide bonds. The molecule has 7 nitrogen and oxygen atoms in total. The van der Waals surface area contributed by atoms with E-state index in [1.807, 2.05) is 19.0 Å². The third kappa shape index (κ3) is 7.52. The largest absolute Gasteiger partial charge is 1.00 e. The molecule has 136 valence electrons. The highest BCUT2D eigenvalue weighted by molar-refractivity contribution is 5.90. The lowest BCUT2D eigenvalue weighted by Crippen LogP contribution is -3.00. The first kappa shape index (κ1) is 22.0. The molecule has 1 aromatic carbocycles. The number of esters is 1. The van der Waals surface area contributed by atoms with Gasteiger partial charge in [0.15, 0.2) is 11.5 Å². The summed E-state index contributed by atoms with van der Waals surface area (Å²) in [5, 5.41) is 0. The van der Waals surface area contributed by atoms with Crippen molar-refractivity contribution in [3.05, 3.63) is 23.8 Å². The zero-order valence-corrected chi connectivity index (χ0v) is 15.1. The molecule has 0 aliphatic heterocycles. The minimum atomic E-state index is -0.829. The zero-order chi connectivity index (χ0) is 17.2. The summed E-state index contributed by atoms with van der Waals surface area (Å²) in [7, 11) is 5.32. The molecule has 0 bridgehead atoms. The molecule has 0 heterocycles. The molecule has 1 rings (SSSR count). The molecule has 8 heteroatoms. The van der Waals surface area contributed by atoms with Crippen molar-refractivity contribution in [3.63, 3.8) is 0 Å². The van der Waals surface area contributed by atoms with E-state index in [-0.39, 0.29) is 30.5 Å². The van der Waals surface area contributed by atoms with Crippen LogP contribution in [0.25, 0.3) is 0 Å². The van der Waals surface area contributed by atoms with Gasteiger partial charge >= 0.3 is 12.1 Å². The van der Waals surface area contributed by atoms with Crippen LogP contribution < -0.4 is 21.9 Å². The van der Waals surface area contributed by atoms with Gasteiger partial charge in [0.2, 0.25) is 0 Å². The van der Waals surface area contributed by atoms with Crippen molar-refractivity contribution in [2.24, 2.45) is 0 Å². The molecule has 24 heavy (non-hydrogen) atoms. The van der Waals surface area contributed by atoms with Gasteiger partial charge in [-0.3, -0.25) is 0 Å². The monoisotopic (exact) mass is 360 g/mol. The minimum Gasteiger partial charge on any atom is -1.00 e. The predicted molar refractivity (Wildman–Crippen MR) is 84.1 cm³/mol. The number of halogens is 1. The fourth-order valence-electron chi connectivity index (χ4n) is 1.74. The van der Waals surface area contributed by atoms with Gasteiger partial charge in [0.05, 0.1) is 25.9 Å². The fourth-order valence-corrected chi connectivity index (χ4v) is 1.74. The van der Waals surface area contributed by atoms with Crippen LogP contribution in [-0.2, 0) is 9.47 Å². The number of methoxy groups -OCH3 is 1. The number of carbonyl (C=O) groups excluding carboxylic acids is 2. The van der Waals surface area contributed by atoms with Crippen molar-refractivity contribution in [1.29, 1.82) is 0 Å². The minimum absolute atomic E-state index is 0. The van der Waals surface area contributed by atoms with Crippen LogP contribution in [0.15, 0.2) is 18.2 Å². The number of benzene rings is 1. The van der Waals surface area contributed by atoms with Crippen molar-refractivity contribution in [1.82, 2.24) is 4.90 Å². The Morgan fingerprint density at radius 3 is 2.42 bits per heavy atom. The number of rotatable bonds is 8. The van der Waals surface area contributed by atoms with Crippen LogP contribution in [0, 0.1) is 0 Å². The summed E-state index contributed by atoms with van der Waals surface area (Å²) < 4.78 is 20.0. The SMILES string of the molecule is CCOC(=O)Oc1ccc(C(=O)OCCCN(C)C)cc1OC.[Cl-]. The lowest BCUT2D eigenvalue weighted by atomic mass is 10.2. The van der Waals surface area contributed by atoms with Gasteiger partial charge in [-0.25, -0.2) is 9.59 Å². The van der Waals surface area contributed by atoms with Crippen LogP contribution >= 0.6 is 0 Å². The molecule has 0 saturated heterocycles. The smallest absolute Gasteiger partial charge is 0.513 e. The number of nitrogens with zero attached hydrogens (tertiary/aromatic N) is 1. The number of hydrogen-bond donors (Lipinski definition) is 0. The van der Waals surface area contributed by atoms with Gasteiger partial charge in [0.1, 0.15) is 0 Å². The van der Waals surface area contributed by atoms with Gasteiger partial charge in [-0.2, -0.15) is 0 Å². The van der Waals surface area contributed by atoms with Crippen LogP contribution in [0.2, 0.25) is 0 Å². The molecule has 0 aromatic heterocycles. The van der Waals surface area contributed by atoms with Crippen LogP contribution in [-0.4, -0.2) is 58.0 Å². The van der Waals surface area contributed by atoms with E-state index in [9.17, 15) is 9.59 Å².